The van der Waals surface area contributed by atoms with E-state index in [-0.39, 0.29) is 16.9 Å². The van der Waals surface area contributed by atoms with E-state index in [9.17, 15) is 28.5 Å². The summed E-state index contributed by atoms with van der Waals surface area (Å²) in [7, 11) is 0. The number of hydrogen-bond acceptors (Lipinski definition) is 6. The molecule has 0 bridgehead atoms. The molecule has 2 aromatic carbocycles. The lowest BCUT2D eigenvalue weighted by Crippen LogP contribution is -2.03. The maximum absolute atomic E-state index is 13.0. The molecule has 0 spiro atoms. The number of hydrogen-bond donors (Lipinski definition) is 0. The summed E-state index contributed by atoms with van der Waals surface area (Å²) in [6.45, 7) is 0. The number of ketones is 1. The molecule has 0 saturated carbocycles. The Labute approximate surface area is 199 Å². The van der Waals surface area contributed by atoms with Gasteiger partial charge in [-0.15, -0.1) is 22.7 Å². The number of rotatable bonds is 2. The lowest BCUT2D eigenvalue weighted by atomic mass is 9.99. The van der Waals surface area contributed by atoms with Crippen molar-refractivity contribution in [2.24, 2.45) is 0 Å². The number of carbonyl (C=O) groups excluding carboxylic acids is 1. The highest BCUT2D eigenvalue weighted by atomic mass is 32.1. The van der Waals surface area contributed by atoms with Gasteiger partial charge in [0.15, 0.2) is 5.78 Å². The Balaban J connectivity index is 1.54. The number of thiophene rings is 1. The second-order valence-corrected chi connectivity index (χ2v) is 9.41. The van der Waals surface area contributed by atoms with Crippen LogP contribution in [0.2, 0.25) is 0 Å². The molecular weight excluding hydrogens is 479 g/mol. The van der Waals surface area contributed by atoms with Crippen molar-refractivity contribution in [2.75, 3.05) is 0 Å². The van der Waals surface area contributed by atoms with Crippen molar-refractivity contribution in [3.63, 3.8) is 0 Å². The molecule has 0 aliphatic heterocycles. The molecule has 0 atom stereocenters. The molecule has 1 aliphatic carbocycles. The summed E-state index contributed by atoms with van der Waals surface area (Å²) in [5.41, 5.74) is 1.32. The smallest absolute Gasteiger partial charge is 0.289 e. The van der Waals surface area contributed by atoms with Crippen molar-refractivity contribution in [3.05, 3.63) is 87.3 Å². The number of aromatic nitrogens is 1. The van der Waals surface area contributed by atoms with Crippen LogP contribution in [0.5, 0.6) is 0 Å². The molecule has 2 heterocycles. The van der Waals surface area contributed by atoms with Crippen LogP contribution in [0, 0.1) is 22.7 Å². The predicted molar refractivity (Wildman–Crippen MR) is 125 cm³/mol. The largest absolute Gasteiger partial charge is 0.416 e. The molecule has 4 aromatic rings. The van der Waals surface area contributed by atoms with E-state index < -0.39 is 11.7 Å². The minimum Gasteiger partial charge on any atom is -0.289 e. The van der Waals surface area contributed by atoms with Gasteiger partial charge in [-0.2, -0.15) is 23.7 Å². The van der Waals surface area contributed by atoms with Crippen LogP contribution in [0.15, 0.2) is 65.7 Å². The zero-order valence-corrected chi connectivity index (χ0v) is 18.6. The van der Waals surface area contributed by atoms with Gasteiger partial charge in [0.2, 0.25) is 0 Å². The van der Waals surface area contributed by atoms with E-state index in [1.165, 1.54) is 34.8 Å². The zero-order chi connectivity index (χ0) is 24.0. The molecule has 0 fully saturated rings. The van der Waals surface area contributed by atoms with Gasteiger partial charge in [0.05, 0.1) is 10.3 Å². The van der Waals surface area contributed by atoms with Gasteiger partial charge in [-0.3, -0.25) is 4.79 Å². The second-order valence-electron chi connectivity index (χ2n) is 7.32. The molecular formula is C25H10F3N3OS2. The van der Waals surface area contributed by atoms with Crippen molar-refractivity contribution in [1.82, 2.24) is 4.98 Å². The molecule has 34 heavy (non-hydrogen) atoms. The van der Waals surface area contributed by atoms with Gasteiger partial charge in [-0.25, -0.2) is 4.98 Å². The van der Waals surface area contributed by atoms with Crippen molar-refractivity contribution < 1.29 is 18.0 Å². The Morgan fingerprint density at radius 1 is 0.971 bits per heavy atom. The van der Waals surface area contributed by atoms with Gasteiger partial charge < -0.3 is 0 Å². The number of nitrogens with zero attached hydrogens (tertiary/aromatic N) is 3. The van der Waals surface area contributed by atoms with Gasteiger partial charge >= 0.3 is 6.18 Å². The first kappa shape index (κ1) is 21.8. The predicted octanol–water partition coefficient (Wildman–Crippen LogP) is 7.12. The number of halogens is 3. The molecule has 2 aromatic heterocycles. The van der Waals surface area contributed by atoms with Gasteiger partial charge in [0, 0.05) is 27.2 Å². The third kappa shape index (κ3) is 3.61. The van der Waals surface area contributed by atoms with Crippen LogP contribution in [0.1, 0.15) is 26.4 Å². The van der Waals surface area contributed by atoms with E-state index in [0.717, 1.165) is 21.7 Å². The van der Waals surface area contributed by atoms with Crippen molar-refractivity contribution in [2.45, 2.75) is 6.18 Å². The van der Waals surface area contributed by atoms with E-state index in [0.29, 0.717) is 32.1 Å². The van der Waals surface area contributed by atoms with Crippen molar-refractivity contribution in [3.8, 4) is 22.7 Å². The maximum atomic E-state index is 13.0. The maximum Gasteiger partial charge on any atom is 0.416 e. The Morgan fingerprint density at radius 2 is 1.65 bits per heavy atom. The fraction of sp³-hybridized carbons (Fsp3) is 0.0400. The second kappa shape index (κ2) is 8.07. The van der Waals surface area contributed by atoms with E-state index in [4.69, 9.17) is 0 Å². The molecule has 5 rings (SSSR count). The van der Waals surface area contributed by atoms with E-state index in [2.05, 4.69) is 4.98 Å². The van der Waals surface area contributed by atoms with Crippen LogP contribution in [0.4, 0.5) is 13.2 Å². The molecule has 0 N–H and O–H groups in total. The van der Waals surface area contributed by atoms with Crippen molar-refractivity contribution >= 4 is 49.6 Å². The monoisotopic (exact) mass is 489 g/mol. The lowest BCUT2D eigenvalue weighted by Gasteiger charge is -2.06. The molecule has 9 heteroatoms. The number of thiazole rings is 1. The first-order chi connectivity index (χ1) is 16.3. The number of alkyl halides is 3. The van der Waals surface area contributed by atoms with Crippen molar-refractivity contribution in [1.29, 1.82) is 10.5 Å². The molecule has 1 aliphatic rings. The van der Waals surface area contributed by atoms with E-state index in [1.54, 1.807) is 30.3 Å². The van der Waals surface area contributed by atoms with Crippen LogP contribution in [0.25, 0.3) is 31.8 Å². The summed E-state index contributed by atoms with van der Waals surface area (Å²) in [4.78, 5) is 19.0. The lowest BCUT2D eigenvalue weighted by molar-refractivity contribution is -0.137. The first-order valence-electron chi connectivity index (χ1n) is 9.79. The van der Waals surface area contributed by atoms with Crippen LogP contribution in [0.3, 0.4) is 0 Å². The van der Waals surface area contributed by atoms with Crippen LogP contribution < -0.4 is 0 Å². The first-order valence-corrected chi connectivity index (χ1v) is 11.4. The SMILES string of the molecule is N#CC(C#N)=C1/C(=C/c2cc3sc(-c4ccc(C(F)(F)F)cc4)nc3s2)C(=O)c2ccccc21. The summed E-state index contributed by atoms with van der Waals surface area (Å²) in [6.07, 6.45) is -2.74. The fourth-order valence-electron chi connectivity index (χ4n) is 3.74. The third-order valence-corrected chi connectivity index (χ3v) is 7.44. The Kier molecular flexibility index (Phi) is 5.17. The molecule has 0 radical (unpaired) electrons. The van der Waals surface area contributed by atoms with E-state index >= 15 is 0 Å². The summed E-state index contributed by atoms with van der Waals surface area (Å²) in [5, 5.41) is 19.4. The third-order valence-electron chi connectivity index (χ3n) is 5.28. The standard InChI is InChI=1S/C25H10F3N3OS2/c26-25(27,28)15-7-5-13(6-8-15)23-31-24-20(34-23)10-16(33-24)9-19-21(14(11-29)12-30)17-3-1-2-4-18(17)22(19)32/h1-10H/b19-9-. The van der Waals surface area contributed by atoms with E-state index in [1.807, 2.05) is 18.2 Å². The average molecular weight is 490 g/mol. The number of fused-ring (bicyclic) bond motifs is 2. The number of allylic oxidation sites excluding steroid dienone is 3. The highest BCUT2D eigenvalue weighted by Gasteiger charge is 2.32. The highest BCUT2D eigenvalue weighted by Crippen LogP contribution is 2.42. The zero-order valence-electron chi connectivity index (χ0n) is 17.0. The molecule has 164 valence electrons. The topological polar surface area (TPSA) is 77.5 Å². The number of nitriles is 2. The van der Waals surface area contributed by atoms with Crippen LogP contribution in [-0.4, -0.2) is 10.8 Å². The summed E-state index contributed by atoms with van der Waals surface area (Å²) < 4.78 is 39.2. The highest BCUT2D eigenvalue weighted by molar-refractivity contribution is 7.29. The Bertz CT molecular complexity index is 1580. The van der Waals surface area contributed by atoms with Gasteiger partial charge in [-0.05, 0) is 29.8 Å². The minimum absolute atomic E-state index is 0.134. The average Bonchev–Trinajstić information content (AvgIpc) is 3.46. The Morgan fingerprint density at radius 3 is 2.26 bits per heavy atom. The summed E-state index contributed by atoms with van der Waals surface area (Å²) in [6, 6.07) is 17.3. The number of carbonyl (C=O) groups is 1. The molecule has 4 nitrogen and oxygen atoms in total. The Hall–Kier alpha value is -4.05. The number of benzene rings is 2. The summed E-state index contributed by atoms with van der Waals surface area (Å²) in [5.74, 6) is -0.260. The molecule has 0 unspecified atom stereocenters. The quantitative estimate of drug-likeness (QED) is 0.222. The molecule has 0 saturated heterocycles. The van der Waals surface area contributed by atoms with Gasteiger partial charge in [-0.1, -0.05) is 36.4 Å². The summed E-state index contributed by atoms with van der Waals surface area (Å²) >= 11 is 2.65. The minimum atomic E-state index is -4.40. The van der Waals surface area contributed by atoms with Crippen LogP contribution in [-0.2, 0) is 6.18 Å². The van der Waals surface area contributed by atoms with Crippen LogP contribution >= 0.6 is 22.7 Å². The number of Topliss-reactive ketones (excluding diaryl/α,β-unsaturated/α-hetero) is 1. The molecule has 0 amide bonds. The normalized spacial score (nSPS) is 14.3. The van der Waals surface area contributed by atoms with Gasteiger partial charge in [0.25, 0.3) is 0 Å². The fourth-order valence-corrected chi connectivity index (χ4v) is 5.91. The van der Waals surface area contributed by atoms with Gasteiger partial charge in [0.1, 0.15) is 27.5 Å².